The van der Waals surface area contributed by atoms with Gasteiger partial charge in [-0.2, -0.15) is 0 Å². The molecule has 0 saturated heterocycles. The molecule has 0 atom stereocenters. The number of fused-ring (bicyclic) bond motifs is 1. The Morgan fingerprint density at radius 1 is 0.951 bits per heavy atom. The maximum absolute atomic E-state index is 13.6. The molecule has 0 fully saturated rings. The summed E-state index contributed by atoms with van der Waals surface area (Å²) in [5.41, 5.74) is 7.54. The molecule has 0 saturated carbocycles. The number of anilines is 2. The molecule has 2 aromatic carbocycles. The number of nitrogen functional groups attached to an aromatic ring is 1. The molecule has 10 nitrogen and oxygen atoms in total. The number of pyridine rings is 2. The van der Waals surface area contributed by atoms with Crippen LogP contribution in [0.2, 0.25) is 0 Å². The van der Waals surface area contributed by atoms with E-state index in [4.69, 9.17) is 15.2 Å². The number of aromatic nitrogens is 2. The second-order valence-corrected chi connectivity index (χ2v) is 10.6. The van der Waals surface area contributed by atoms with Gasteiger partial charge >= 0.3 is 5.97 Å². The number of carbonyl (C=O) groups is 3. The fourth-order valence-corrected chi connectivity index (χ4v) is 4.16. The maximum atomic E-state index is 13.6. The number of methoxy groups -OCH3 is 1. The van der Waals surface area contributed by atoms with Crippen molar-refractivity contribution >= 4 is 40.1 Å². The van der Waals surface area contributed by atoms with E-state index in [1.54, 1.807) is 61.7 Å². The van der Waals surface area contributed by atoms with Crippen LogP contribution in [0.15, 0.2) is 60.8 Å². The van der Waals surface area contributed by atoms with Crippen LogP contribution in [0.25, 0.3) is 21.9 Å². The monoisotopic (exact) mass is 555 g/mol. The molecule has 212 valence electrons. The van der Waals surface area contributed by atoms with Gasteiger partial charge in [-0.25, -0.2) is 14.8 Å². The van der Waals surface area contributed by atoms with Crippen LogP contribution in [-0.2, 0) is 4.74 Å². The summed E-state index contributed by atoms with van der Waals surface area (Å²) in [7, 11) is 1.44. The van der Waals surface area contributed by atoms with Crippen molar-refractivity contribution in [1.82, 2.24) is 15.3 Å². The van der Waals surface area contributed by atoms with E-state index in [2.05, 4.69) is 20.6 Å². The lowest BCUT2D eigenvalue weighted by molar-refractivity contribution is 0.0527. The zero-order valence-electron chi connectivity index (χ0n) is 23.7. The van der Waals surface area contributed by atoms with Crippen LogP contribution in [0.3, 0.4) is 0 Å². The molecule has 0 spiro atoms. The van der Waals surface area contributed by atoms with Gasteiger partial charge in [0, 0.05) is 41.0 Å². The summed E-state index contributed by atoms with van der Waals surface area (Å²) in [5.74, 6) is -0.876. The van der Waals surface area contributed by atoms with E-state index in [1.165, 1.54) is 13.2 Å². The summed E-state index contributed by atoms with van der Waals surface area (Å²) in [6.07, 6.45) is 1.59. The van der Waals surface area contributed by atoms with Gasteiger partial charge in [-0.15, -0.1) is 0 Å². The van der Waals surface area contributed by atoms with E-state index >= 15 is 0 Å². The first-order valence-corrected chi connectivity index (χ1v) is 13.1. The van der Waals surface area contributed by atoms with Crippen LogP contribution < -0.4 is 21.1 Å². The Morgan fingerprint density at radius 3 is 2.41 bits per heavy atom. The Bertz CT molecular complexity index is 1630. The van der Waals surface area contributed by atoms with Crippen LogP contribution in [-0.4, -0.2) is 48.0 Å². The largest absolute Gasteiger partial charge is 0.481 e. The van der Waals surface area contributed by atoms with Gasteiger partial charge in [-0.3, -0.25) is 9.59 Å². The number of nitrogens with one attached hydrogen (secondary N) is 2. The van der Waals surface area contributed by atoms with Crippen LogP contribution >= 0.6 is 0 Å². The zero-order chi connectivity index (χ0) is 29.7. The minimum atomic E-state index is -0.629. The molecule has 0 aliphatic heterocycles. The van der Waals surface area contributed by atoms with Crippen molar-refractivity contribution in [1.29, 1.82) is 0 Å². The molecule has 2 amide bonds. The van der Waals surface area contributed by atoms with Crippen molar-refractivity contribution in [2.24, 2.45) is 5.41 Å². The molecule has 0 unspecified atom stereocenters. The Balaban J connectivity index is 1.75. The lowest BCUT2D eigenvalue weighted by Crippen LogP contribution is -2.32. The van der Waals surface area contributed by atoms with E-state index in [1.807, 2.05) is 20.8 Å². The van der Waals surface area contributed by atoms with E-state index in [0.29, 0.717) is 34.7 Å². The quantitative estimate of drug-likeness (QED) is 0.255. The lowest BCUT2D eigenvalue weighted by Gasteiger charge is -2.19. The molecule has 41 heavy (non-hydrogen) atoms. The van der Waals surface area contributed by atoms with Gasteiger partial charge in [0.15, 0.2) is 0 Å². The third-order valence-corrected chi connectivity index (χ3v) is 6.19. The number of nitrogens with two attached hydrogens (primary N) is 1. The highest BCUT2D eigenvalue weighted by atomic mass is 16.5. The first-order chi connectivity index (χ1) is 19.5. The summed E-state index contributed by atoms with van der Waals surface area (Å²) in [5, 5.41) is 7.32. The number of hydrogen-bond acceptors (Lipinski definition) is 8. The summed E-state index contributed by atoms with van der Waals surface area (Å²) in [4.78, 5) is 48.0. The predicted octanol–water partition coefficient (Wildman–Crippen LogP) is 5.09. The van der Waals surface area contributed by atoms with Crippen molar-refractivity contribution in [3.63, 3.8) is 0 Å². The second kappa shape index (κ2) is 12.0. The van der Waals surface area contributed by atoms with Gasteiger partial charge < -0.3 is 25.8 Å². The Labute approximate surface area is 238 Å². The number of esters is 1. The van der Waals surface area contributed by atoms with Gasteiger partial charge in [0.05, 0.1) is 19.3 Å². The van der Waals surface area contributed by atoms with E-state index in [0.717, 1.165) is 10.8 Å². The van der Waals surface area contributed by atoms with Gasteiger partial charge in [0.2, 0.25) is 5.88 Å². The minimum absolute atomic E-state index is 0.0224. The summed E-state index contributed by atoms with van der Waals surface area (Å²) < 4.78 is 10.6. The van der Waals surface area contributed by atoms with Crippen LogP contribution in [0.5, 0.6) is 5.88 Å². The van der Waals surface area contributed by atoms with Gasteiger partial charge in [0.1, 0.15) is 11.5 Å². The highest BCUT2D eigenvalue weighted by Crippen LogP contribution is 2.31. The molecule has 10 heteroatoms. The molecule has 0 bridgehead atoms. The van der Waals surface area contributed by atoms with Crippen LogP contribution in [0, 0.1) is 5.41 Å². The number of hydrogen-bond donors (Lipinski definition) is 3. The van der Waals surface area contributed by atoms with E-state index < -0.39 is 11.9 Å². The molecule has 2 heterocycles. The van der Waals surface area contributed by atoms with Gasteiger partial charge in [-0.1, -0.05) is 26.8 Å². The normalized spacial score (nSPS) is 11.1. The molecule has 0 aliphatic rings. The van der Waals surface area contributed by atoms with Crippen molar-refractivity contribution in [3.05, 3.63) is 77.6 Å². The second-order valence-electron chi connectivity index (χ2n) is 10.6. The van der Waals surface area contributed by atoms with Crippen molar-refractivity contribution in [2.45, 2.75) is 27.7 Å². The zero-order valence-corrected chi connectivity index (χ0v) is 23.7. The number of benzene rings is 2. The van der Waals surface area contributed by atoms with Crippen molar-refractivity contribution in [3.8, 4) is 17.0 Å². The Morgan fingerprint density at radius 2 is 1.71 bits per heavy atom. The van der Waals surface area contributed by atoms with Crippen molar-refractivity contribution in [2.75, 3.05) is 31.3 Å². The number of ether oxygens (including phenoxy) is 2. The molecule has 2 aromatic heterocycles. The van der Waals surface area contributed by atoms with Crippen molar-refractivity contribution < 1.29 is 23.9 Å². The number of rotatable bonds is 8. The maximum Gasteiger partial charge on any atom is 0.338 e. The lowest BCUT2D eigenvalue weighted by atomic mass is 9.94. The molecule has 4 rings (SSSR count). The fraction of sp³-hybridized carbons (Fsp3) is 0.258. The number of nitrogens with zero attached hydrogens (tertiary/aromatic N) is 2. The van der Waals surface area contributed by atoms with Gasteiger partial charge in [0.25, 0.3) is 11.8 Å². The molecule has 0 radical (unpaired) electrons. The van der Waals surface area contributed by atoms with E-state index in [9.17, 15) is 14.4 Å². The van der Waals surface area contributed by atoms with Crippen LogP contribution in [0.1, 0.15) is 58.9 Å². The summed E-state index contributed by atoms with van der Waals surface area (Å²) in [6, 6.07) is 15.0. The third-order valence-electron chi connectivity index (χ3n) is 6.19. The first kappa shape index (κ1) is 29.0. The summed E-state index contributed by atoms with van der Waals surface area (Å²) in [6.45, 7) is 8.30. The Hall–Kier alpha value is -4.99. The fourth-order valence-electron chi connectivity index (χ4n) is 4.16. The number of carbonyl (C=O) groups excluding carboxylic acids is 3. The highest BCUT2D eigenvalue weighted by molar-refractivity contribution is 6.10. The third kappa shape index (κ3) is 6.78. The standard InChI is InChI=1S/C31H33N5O5/c1-6-41-30(39)24-16-19(28(37)34-17-31(2,3)4)7-9-22(24)23-11-12-25(40-5)36-26(23)29(38)35-20-8-10-21-18(15-20)13-14-33-27(21)32/h7-16H,6,17H2,1-5H3,(H2,32,33)(H,34,37)(H,35,38). The number of amides is 2. The topological polar surface area (TPSA) is 146 Å². The molecule has 0 aliphatic carbocycles. The average Bonchev–Trinajstić information content (AvgIpc) is 2.95. The summed E-state index contributed by atoms with van der Waals surface area (Å²) >= 11 is 0. The van der Waals surface area contributed by atoms with Gasteiger partial charge in [-0.05, 0) is 65.8 Å². The molecular weight excluding hydrogens is 522 g/mol. The first-order valence-electron chi connectivity index (χ1n) is 13.1. The minimum Gasteiger partial charge on any atom is -0.481 e. The SMILES string of the molecule is CCOC(=O)c1cc(C(=O)NCC(C)(C)C)ccc1-c1ccc(OC)nc1C(=O)Nc1ccc2c(N)nccc2c1. The smallest absolute Gasteiger partial charge is 0.338 e. The molecular formula is C31H33N5O5. The predicted molar refractivity (Wildman–Crippen MR) is 158 cm³/mol. The average molecular weight is 556 g/mol. The molecule has 4 aromatic rings. The Kier molecular flexibility index (Phi) is 8.51. The molecule has 4 N–H and O–H groups in total. The van der Waals surface area contributed by atoms with E-state index in [-0.39, 0.29) is 35.1 Å². The highest BCUT2D eigenvalue weighted by Gasteiger charge is 2.24. The van der Waals surface area contributed by atoms with Crippen LogP contribution in [0.4, 0.5) is 11.5 Å².